The summed E-state index contributed by atoms with van der Waals surface area (Å²) in [7, 11) is 1.44. The van der Waals surface area contributed by atoms with Crippen LogP contribution >= 0.6 is 7.82 Å². The summed E-state index contributed by atoms with van der Waals surface area (Å²) in [5.41, 5.74) is 0. The number of rotatable bonds is 53. The molecule has 0 saturated heterocycles. The number of unbranched alkanes of at least 4 members (excludes halogenated alkanes) is 21. The minimum absolute atomic E-state index is 0.0229. The molecule has 0 aromatic carbocycles. The Balaban J connectivity index is 5.38. The lowest BCUT2D eigenvalue weighted by Gasteiger charge is -2.27. The van der Waals surface area contributed by atoms with E-state index in [0.29, 0.717) is 23.9 Å². The van der Waals surface area contributed by atoms with Gasteiger partial charge in [-0.25, -0.2) is 4.57 Å². The van der Waals surface area contributed by atoms with Crippen molar-refractivity contribution < 1.29 is 37.3 Å². The first-order chi connectivity index (χ1) is 36.4. The fourth-order valence-corrected chi connectivity index (χ4v) is 8.79. The number of nitrogens with one attached hydrogen (secondary N) is 1. The number of carbonyl (C=O) groups is 2. The van der Waals surface area contributed by atoms with Crippen molar-refractivity contribution in [2.24, 2.45) is 0 Å². The SMILES string of the molecule is CC/C=C\C/C=C\C/C=C\C/C=C\C/C=C\C/C=C\CCC(=O)OC(/C=C/CCCCCCCCCCC)C(COP(=O)(O)OCC[N+](C)(C)C)NC(=O)CCCCCCCCCCC/C=C\C/C=C\CCCCC. The average molecular weight is 1070 g/mol. The van der Waals surface area contributed by atoms with Gasteiger partial charge in [-0.2, -0.15) is 0 Å². The van der Waals surface area contributed by atoms with Crippen LogP contribution in [-0.2, 0) is 27.9 Å². The van der Waals surface area contributed by atoms with Crippen LogP contribution in [0, 0.1) is 0 Å². The van der Waals surface area contributed by atoms with Gasteiger partial charge in [0.25, 0.3) is 0 Å². The molecule has 0 aliphatic heterocycles. The summed E-state index contributed by atoms with van der Waals surface area (Å²) in [6.45, 7) is 6.80. The first kappa shape index (κ1) is 71.7. The molecule has 0 radical (unpaired) electrons. The topological polar surface area (TPSA) is 111 Å². The van der Waals surface area contributed by atoms with E-state index in [1.807, 2.05) is 39.4 Å². The molecule has 0 bridgehead atoms. The van der Waals surface area contributed by atoms with Gasteiger partial charge in [-0.05, 0) is 102 Å². The van der Waals surface area contributed by atoms with Gasteiger partial charge < -0.3 is 19.4 Å². The summed E-state index contributed by atoms with van der Waals surface area (Å²) in [5, 5.41) is 3.03. The minimum atomic E-state index is -4.47. The quantitative estimate of drug-likeness (QED) is 0.0205. The molecule has 430 valence electrons. The maximum Gasteiger partial charge on any atom is 0.472 e. The van der Waals surface area contributed by atoms with E-state index >= 15 is 0 Å². The van der Waals surface area contributed by atoms with Gasteiger partial charge in [0.2, 0.25) is 5.91 Å². The Bertz CT molecular complexity index is 1650. The number of amides is 1. The molecule has 75 heavy (non-hydrogen) atoms. The van der Waals surface area contributed by atoms with Gasteiger partial charge in [-0.15, -0.1) is 0 Å². The van der Waals surface area contributed by atoms with Crippen LogP contribution in [-0.4, -0.2) is 74.3 Å². The van der Waals surface area contributed by atoms with E-state index < -0.39 is 25.9 Å². The van der Waals surface area contributed by atoms with E-state index in [2.05, 4.69) is 117 Å². The third-order valence-electron chi connectivity index (χ3n) is 12.7. The van der Waals surface area contributed by atoms with Crippen molar-refractivity contribution in [3.8, 4) is 0 Å². The van der Waals surface area contributed by atoms with Crippen molar-refractivity contribution in [3.63, 3.8) is 0 Å². The van der Waals surface area contributed by atoms with Crippen molar-refractivity contribution in [2.75, 3.05) is 40.9 Å². The number of hydrogen-bond acceptors (Lipinski definition) is 6. The van der Waals surface area contributed by atoms with E-state index in [0.717, 1.165) is 96.3 Å². The highest BCUT2D eigenvalue weighted by molar-refractivity contribution is 7.47. The number of allylic oxidation sites excluding steroid dienone is 17. The molecule has 0 aromatic heterocycles. The van der Waals surface area contributed by atoms with Gasteiger partial charge in [-0.3, -0.25) is 18.6 Å². The van der Waals surface area contributed by atoms with Gasteiger partial charge in [-0.1, -0.05) is 233 Å². The number of hydrogen-bond donors (Lipinski definition) is 2. The molecule has 0 aliphatic carbocycles. The van der Waals surface area contributed by atoms with Crippen LogP contribution in [0.4, 0.5) is 0 Å². The number of nitrogens with zero attached hydrogens (tertiary/aromatic N) is 1. The molecule has 0 spiro atoms. The largest absolute Gasteiger partial charge is 0.472 e. The minimum Gasteiger partial charge on any atom is -0.456 e. The number of carbonyl (C=O) groups excluding carboxylic acids is 2. The molecule has 10 heteroatoms. The second-order valence-corrected chi connectivity index (χ2v) is 22.6. The molecular formula is C65H114N2O7P+. The fourth-order valence-electron chi connectivity index (χ4n) is 8.05. The third kappa shape index (κ3) is 55.2. The second kappa shape index (κ2) is 54.0. The number of quaternary nitrogens is 1. The van der Waals surface area contributed by atoms with Gasteiger partial charge in [0.05, 0.1) is 33.8 Å². The van der Waals surface area contributed by atoms with Crippen molar-refractivity contribution in [3.05, 3.63) is 109 Å². The highest BCUT2D eigenvalue weighted by Gasteiger charge is 2.30. The zero-order chi connectivity index (χ0) is 55.0. The Morgan fingerprint density at radius 3 is 1.33 bits per heavy atom. The van der Waals surface area contributed by atoms with Gasteiger partial charge in [0, 0.05) is 12.8 Å². The maximum atomic E-state index is 13.5. The van der Waals surface area contributed by atoms with Crippen molar-refractivity contribution in [2.45, 2.75) is 251 Å². The lowest BCUT2D eigenvalue weighted by Crippen LogP contribution is -2.47. The fraction of sp³-hybridized carbons (Fsp3) is 0.692. The number of esters is 1. The monoisotopic (exact) mass is 1070 g/mol. The molecule has 3 unspecified atom stereocenters. The Morgan fingerprint density at radius 1 is 0.480 bits per heavy atom. The van der Waals surface area contributed by atoms with Crippen LogP contribution in [0.2, 0.25) is 0 Å². The average Bonchev–Trinajstić information content (AvgIpc) is 3.37. The van der Waals surface area contributed by atoms with Crippen LogP contribution in [0.5, 0.6) is 0 Å². The van der Waals surface area contributed by atoms with Crippen LogP contribution in [0.15, 0.2) is 109 Å². The van der Waals surface area contributed by atoms with Crippen molar-refractivity contribution in [1.29, 1.82) is 0 Å². The molecular weight excluding hydrogens is 952 g/mol. The smallest absolute Gasteiger partial charge is 0.456 e. The van der Waals surface area contributed by atoms with Gasteiger partial charge >= 0.3 is 13.8 Å². The standard InChI is InChI=1S/C65H113N2O7P/c1-7-10-13-16-19-22-25-27-29-31-33-35-37-39-42-45-48-51-54-57-64(68)66-62(61-73-75(70,71)72-60-59-67(4,5)6)63(56-53-50-47-44-41-24-21-18-15-12-9-3)74-65(69)58-55-52-49-46-43-40-38-36-34-32-30-28-26-23-20-17-14-11-8-2/h11,14,19-20,22-23,27-30,34,36,40,43,49,52-53,56,62-63H,7-10,12-13,15-18,21,24-26,31-33,35,37-39,41-42,44-48,50-51,54-55,57-61H2,1-6H3,(H-,66,68,70,71)/p+1/b14-11-,22-19-,23-20-,29-27-,30-28-,36-34-,43-40-,52-49-,56-53+. The Labute approximate surface area is 461 Å². The van der Waals surface area contributed by atoms with E-state index in [4.69, 9.17) is 13.8 Å². The van der Waals surface area contributed by atoms with E-state index in [-0.39, 0.29) is 25.5 Å². The van der Waals surface area contributed by atoms with E-state index in [9.17, 15) is 19.0 Å². The molecule has 0 fully saturated rings. The maximum absolute atomic E-state index is 13.5. The van der Waals surface area contributed by atoms with Crippen LogP contribution in [0.25, 0.3) is 0 Å². The van der Waals surface area contributed by atoms with E-state index in [1.54, 1.807) is 0 Å². The highest BCUT2D eigenvalue weighted by Crippen LogP contribution is 2.43. The molecule has 9 nitrogen and oxygen atoms in total. The van der Waals surface area contributed by atoms with Crippen LogP contribution in [0.1, 0.15) is 239 Å². The number of likely N-dealkylation sites (N-methyl/N-ethyl adjacent to an activating group) is 1. The summed E-state index contributed by atoms with van der Waals surface area (Å²) in [6.07, 6.45) is 73.8. The zero-order valence-corrected chi connectivity index (χ0v) is 49.9. The highest BCUT2D eigenvalue weighted by atomic mass is 31.2. The molecule has 0 aromatic rings. The molecule has 3 atom stereocenters. The Kier molecular flexibility index (Phi) is 51.6. The summed E-state index contributed by atoms with van der Waals surface area (Å²) in [6, 6.07) is -0.887. The Hall–Kier alpha value is -3.33. The lowest BCUT2D eigenvalue weighted by atomic mass is 10.0. The van der Waals surface area contributed by atoms with Crippen LogP contribution in [0.3, 0.4) is 0 Å². The molecule has 1 amide bonds. The van der Waals surface area contributed by atoms with Gasteiger partial charge in [0.1, 0.15) is 19.3 Å². The number of ether oxygens (including phenoxy) is 1. The van der Waals surface area contributed by atoms with Gasteiger partial charge in [0.15, 0.2) is 0 Å². The predicted octanol–water partition coefficient (Wildman–Crippen LogP) is 18.6. The predicted molar refractivity (Wildman–Crippen MR) is 323 cm³/mol. The zero-order valence-electron chi connectivity index (χ0n) is 49.0. The van der Waals surface area contributed by atoms with Crippen molar-refractivity contribution >= 4 is 19.7 Å². The second-order valence-electron chi connectivity index (χ2n) is 21.1. The van der Waals surface area contributed by atoms with E-state index in [1.165, 1.54) is 103 Å². The first-order valence-electron chi connectivity index (χ1n) is 30.2. The first-order valence-corrected chi connectivity index (χ1v) is 31.7. The Morgan fingerprint density at radius 2 is 0.867 bits per heavy atom. The number of phosphoric ester groups is 1. The molecule has 0 heterocycles. The normalized spacial score (nSPS) is 14.5. The summed E-state index contributed by atoms with van der Waals surface area (Å²) in [4.78, 5) is 37.6. The summed E-state index contributed by atoms with van der Waals surface area (Å²) < 4.78 is 30.6. The lowest BCUT2D eigenvalue weighted by molar-refractivity contribution is -0.870. The third-order valence-corrected chi connectivity index (χ3v) is 13.7. The van der Waals surface area contributed by atoms with Crippen LogP contribution < -0.4 is 5.32 Å². The molecule has 0 aliphatic rings. The molecule has 2 N–H and O–H groups in total. The summed E-state index contributed by atoms with van der Waals surface area (Å²) >= 11 is 0. The summed E-state index contributed by atoms with van der Waals surface area (Å²) in [5.74, 6) is -0.614. The number of phosphoric acid groups is 1. The van der Waals surface area contributed by atoms with Crippen molar-refractivity contribution in [1.82, 2.24) is 5.32 Å². The molecule has 0 saturated carbocycles. The molecule has 0 rings (SSSR count).